The summed E-state index contributed by atoms with van der Waals surface area (Å²) in [5, 5.41) is 9.61. The molecular formula is C14H23NO6S. The molecule has 1 unspecified atom stereocenters. The summed E-state index contributed by atoms with van der Waals surface area (Å²) >= 11 is 0. The number of methoxy groups -OCH3 is 2. The first-order valence-corrected chi connectivity index (χ1v) is 8.39. The minimum atomic E-state index is -4.17. The number of hydrogen-bond donors (Lipinski definition) is 2. The van der Waals surface area contributed by atoms with Crippen LogP contribution in [0.1, 0.15) is 5.56 Å². The molecule has 1 atom stereocenters. The Morgan fingerprint density at radius 1 is 1.27 bits per heavy atom. The van der Waals surface area contributed by atoms with Gasteiger partial charge in [-0.15, -0.1) is 0 Å². The molecule has 0 aliphatic carbocycles. The van der Waals surface area contributed by atoms with E-state index in [9.17, 15) is 13.5 Å². The van der Waals surface area contributed by atoms with Gasteiger partial charge in [0.1, 0.15) is 5.75 Å². The largest absolute Gasteiger partial charge is 0.493 e. The van der Waals surface area contributed by atoms with E-state index in [1.807, 2.05) is 18.2 Å². The van der Waals surface area contributed by atoms with Crippen LogP contribution < -0.4 is 9.47 Å². The molecule has 1 aromatic rings. The minimum Gasteiger partial charge on any atom is -0.493 e. The van der Waals surface area contributed by atoms with Gasteiger partial charge in [-0.1, -0.05) is 12.1 Å². The third kappa shape index (κ3) is 6.18. The number of hydrogen-bond acceptors (Lipinski definition) is 6. The lowest BCUT2D eigenvalue weighted by molar-refractivity contribution is 0.142. The fourth-order valence-corrected chi connectivity index (χ4v) is 2.80. The smallest absolute Gasteiger partial charge is 0.267 e. The Labute approximate surface area is 131 Å². The van der Waals surface area contributed by atoms with Crippen molar-refractivity contribution in [1.29, 1.82) is 0 Å². The first kappa shape index (κ1) is 18.7. The van der Waals surface area contributed by atoms with Crippen molar-refractivity contribution in [2.75, 3.05) is 40.1 Å². The van der Waals surface area contributed by atoms with Gasteiger partial charge in [0, 0.05) is 13.1 Å². The van der Waals surface area contributed by atoms with Gasteiger partial charge in [-0.3, -0.25) is 4.55 Å². The fraction of sp³-hybridized carbons (Fsp3) is 0.571. The molecule has 0 saturated heterocycles. The van der Waals surface area contributed by atoms with Crippen molar-refractivity contribution in [3.05, 3.63) is 23.8 Å². The van der Waals surface area contributed by atoms with Gasteiger partial charge in [-0.2, -0.15) is 8.42 Å². The summed E-state index contributed by atoms with van der Waals surface area (Å²) in [5.74, 6) is 0.644. The molecule has 0 aromatic heterocycles. The number of rotatable bonds is 9. The molecule has 0 bridgehead atoms. The van der Waals surface area contributed by atoms with Gasteiger partial charge in [0.25, 0.3) is 10.1 Å². The van der Waals surface area contributed by atoms with Crippen LogP contribution >= 0.6 is 0 Å². The van der Waals surface area contributed by atoms with Crippen molar-refractivity contribution in [1.82, 2.24) is 4.90 Å². The van der Waals surface area contributed by atoms with E-state index < -0.39 is 22.0 Å². The first-order chi connectivity index (χ1) is 10.3. The summed E-state index contributed by atoms with van der Waals surface area (Å²) in [6, 6.07) is 5.59. The highest BCUT2D eigenvalue weighted by atomic mass is 32.2. The molecule has 7 nitrogen and oxygen atoms in total. The number of nitrogens with zero attached hydrogens (tertiary/aromatic N) is 1. The molecule has 0 radical (unpaired) electrons. The van der Waals surface area contributed by atoms with Crippen LogP contribution in [0.5, 0.6) is 11.5 Å². The average molecular weight is 333 g/mol. The summed E-state index contributed by atoms with van der Waals surface area (Å²) in [6.07, 6.45) is -0.484. The molecular weight excluding hydrogens is 310 g/mol. The Balaban J connectivity index is 2.59. The zero-order valence-electron chi connectivity index (χ0n) is 13.0. The van der Waals surface area contributed by atoms with Crippen LogP contribution in [-0.4, -0.2) is 69.2 Å². The molecule has 0 aliphatic rings. The number of likely N-dealkylation sites (N-methyl/N-ethyl adjacent to an activating group) is 1. The van der Waals surface area contributed by atoms with Crippen molar-refractivity contribution >= 4 is 10.1 Å². The standard InChI is InChI=1S/C14H23NO6S/c1-15(9-12(16)10-22(17,18)19)8-7-11-5-4-6-13(20-2)14(11)21-3/h4-6,12,16H,7-10H2,1-3H3,(H,17,18,19). The molecule has 126 valence electrons. The molecule has 22 heavy (non-hydrogen) atoms. The van der Waals surface area contributed by atoms with E-state index in [1.165, 1.54) is 0 Å². The molecule has 0 fully saturated rings. The molecule has 0 heterocycles. The highest BCUT2D eigenvalue weighted by Crippen LogP contribution is 2.30. The van der Waals surface area contributed by atoms with E-state index >= 15 is 0 Å². The predicted octanol–water partition coefficient (Wildman–Crippen LogP) is 0.427. The zero-order chi connectivity index (χ0) is 16.8. The Morgan fingerprint density at radius 2 is 1.95 bits per heavy atom. The summed E-state index contributed by atoms with van der Waals surface area (Å²) < 4.78 is 40.7. The minimum absolute atomic E-state index is 0.145. The Morgan fingerprint density at radius 3 is 2.50 bits per heavy atom. The SMILES string of the molecule is COc1cccc(CCN(C)CC(O)CS(=O)(=O)O)c1OC. The molecule has 0 aliphatic heterocycles. The number of aliphatic hydroxyl groups is 1. The molecule has 1 aromatic carbocycles. The van der Waals surface area contributed by atoms with E-state index in [2.05, 4.69) is 0 Å². The van der Waals surface area contributed by atoms with Crippen LogP contribution in [0.2, 0.25) is 0 Å². The van der Waals surface area contributed by atoms with Crippen molar-refractivity contribution < 1.29 is 27.6 Å². The van der Waals surface area contributed by atoms with Gasteiger partial charge >= 0.3 is 0 Å². The second kappa shape index (κ2) is 8.33. The second-order valence-corrected chi connectivity index (χ2v) is 6.56. The molecule has 1 rings (SSSR count). The summed E-state index contributed by atoms with van der Waals surface area (Å²) in [5.41, 5.74) is 0.956. The lowest BCUT2D eigenvalue weighted by Gasteiger charge is -2.20. The molecule has 0 spiro atoms. The van der Waals surface area contributed by atoms with Gasteiger partial charge in [-0.25, -0.2) is 0 Å². The zero-order valence-corrected chi connectivity index (χ0v) is 13.8. The summed E-state index contributed by atoms with van der Waals surface area (Å²) in [6.45, 7) is 0.734. The van der Waals surface area contributed by atoms with Crippen LogP contribution in [0.25, 0.3) is 0 Å². The highest BCUT2D eigenvalue weighted by Gasteiger charge is 2.16. The van der Waals surface area contributed by atoms with E-state index in [1.54, 1.807) is 26.2 Å². The lowest BCUT2D eigenvalue weighted by Crippen LogP contribution is -2.34. The molecule has 8 heteroatoms. The van der Waals surface area contributed by atoms with Crippen LogP contribution in [0.15, 0.2) is 18.2 Å². The third-order valence-electron chi connectivity index (χ3n) is 3.17. The van der Waals surface area contributed by atoms with Gasteiger partial charge in [-0.05, 0) is 25.1 Å². The Bertz CT molecular complexity index is 575. The topological polar surface area (TPSA) is 96.3 Å². The monoisotopic (exact) mass is 333 g/mol. The maximum atomic E-state index is 10.7. The van der Waals surface area contributed by atoms with Crippen LogP contribution in [-0.2, 0) is 16.5 Å². The van der Waals surface area contributed by atoms with Crippen molar-refractivity contribution in [3.8, 4) is 11.5 Å². The summed E-state index contributed by atoms with van der Waals surface area (Å²) in [7, 11) is 0.734. The number of aliphatic hydroxyl groups excluding tert-OH is 1. The normalized spacial score (nSPS) is 13.2. The number of ether oxygens (including phenoxy) is 2. The quantitative estimate of drug-likeness (QED) is 0.633. The molecule has 2 N–H and O–H groups in total. The van der Waals surface area contributed by atoms with Gasteiger partial charge in [0.15, 0.2) is 11.5 Å². The van der Waals surface area contributed by atoms with Crippen molar-refractivity contribution in [2.24, 2.45) is 0 Å². The maximum absolute atomic E-state index is 10.7. The van der Waals surface area contributed by atoms with Gasteiger partial charge in [0.2, 0.25) is 0 Å². The van der Waals surface area contributed by atoms with Crippen LogP contribution in [0.4, 0.5) is 0 Å². The maximum Gasteiger partial charge on any atom is 0.267 e. The third-order valence-corrected chi connectivity index (χ3v) is 3.98. The fourth-order valence-electron chi connectivity index (χ4n) is 2.21. The second-order valence-electron chi connectivity index (χ2n) is 5.07. The van der Waals surface area contributed by atoms with Crippen molar-refractivity contribution in [2.45, 2.75) is 12.5 Å². The van der Waals surface area contributed by atoms with E-state index in [0.717, 1.165) is 5.56 Å². The van der Waals surface area contributed by atoms with Crippen molar-refractivity contribution in [3.63, 3.8) is 0 Å². The highest BCUT2D eigenvalue weighted by molar-refractivity contribution is 7.85. The van der Waals surface area contributed by atoms with Gasteiger partial charge in [0.05, 0.1) is 20.3 Å². The van der Waals surface area contributed by atoms with E-state index in [-0.39, 0.29) is 6.54 Å². The first-order valence-electron chi connectivity index (χ1n) is 6.78. The van der Waals surface area contributed by atoms with Crippen LogP contribution in [0, 0.1) is 0 Å². The molecule has 0 saturated carbocycles. The average Bonchev–Trinajstić information content (AvgIpc) is 2.42. The number of benzene rings is 1. The Kier molecular flexibility index (Phi) is 7.08. The number of para-hydroxylation sites is 1. The van der Waals surface area contributed by atoms with Crippen LogP contribution in [0.3, 0.4) is 0 Å². The molecule has 0 amide bonds. The van der Waals surface area contributed by atoms with E-state index in [4.69, 9.17) is 14.0 Å². The Hall–Kier alpha value is -1.35. The van der Waals surface area contributed by atoms with Gasteiger partial charge < -0.3 is 19.5 Å². The predicted molar refractivity (Wildman–Crippen MR) is 83.2 cm³/mol. The summed E-state index contributed by atoms with van der Waals surface area (Å²) in [4.78, 5) is 1.79. The lowest BCUT2D eigenvalue weighted by atomic mass is 10.1. The van der Waals surface area contributed by atoms with E-state index in [0.29, 0.717) is 24.5 Å².